The van der Waals surface area contributed by atoms with E-state index in [9.17, 15) is 33.1 Å². The summed E-state index contributed by atoms with van der Waals surface area (Å²) in [7, 11) is 2.02. The standard InChI is InChI=1S/C17H19F2NO7/c1-8(13(16(24)26-2)17(25)27-3)14(15(22)23)20-12(21)6-9-4-10(18)7-11(19)5-9/h4-5,7-8,13-14H,6H2,1-3H3,(H,20,21)(H,22,23)/t8-,14-/m0/s1. The van der Waals surface area contributed by atoms with Crippen molar-refractivity contribution in [2.75, 3.05) is 14.2 Å². The first kappa shape index (κ1) is 22.0. The van der Waals surface area contributed by atoms with Crippen LogP contribution in [0.1, 0.15) is 12.5 Å². The molecule has 0 heterocycles. The summed E-state index contributed by atoms with van der Waals surface area (Å²) < 4.78 is 35.3. The van der Waals surface area contributed by atoms with E-state index >= 15 is 0 Å². The number of amides is 1. The number of hydrogen-bond acceptors (Lipinski definition) is 6. The van der Waals surface area contributed by atoms with Crippen LogP contribution in [0.2, 0.25) is 0 Å². The third-order valence-electron chi connectivity index (χ3n) is 3.83. The van der Waals surface area contributed by atoms with Gasteiger partial charge in [0.1, 0.15) is 17.7 Å². The molecule has 8 nitrogen and oxygen atoms in total. The van der Waals surface area contributed by atoms with Crippen molar-refractivity contribution < 1.29 is 42.5 Å². The number of ether oxygens (including phenoxy) is 2. The lowest BCUT2D eigenvalue weighted by atomic mass is 9.87. The van der Waals surface area contributed by atoms with Gasteiger partial charge in [-0.05, 0) is 17.7 Å². The Labute approximate surface area is 153 Å². The zero-order valence-corrected chi connectivity index (χ0v) is 14.8. The van der Waals surface area contributed by atoms with E-state index in [4.69, 9.17) is 0 Å². The number of carbonyl (C=O) groups excluding carboxylic acids is 3. The number of halogens is 2. The Balaban J connectivity index is 2.99. The maximum absolute atomic E-state index is 13.2. The number of hydrogen-bond donors (Lipinski definition) is 2. The lowest BCUT2D eigenvalue weighted by Crippen LogP contribution is -2.50. The molecule has 10 heteroatoms. The van der Waals surface area contributed by atoms with Gasteiger partial charge in [-0.2, -0.15) is 0 Å². The number of carboxylic acid groups (broad SMARTS) is 1. The second kappa shape index (κ2) is 9.60. The van der Waals surface area contributed by atoms with Gasteiger partial charge in [-0.15, -0.1) is 0 Å². The summed E-state index contributed by atoms with van der Waals surface area (Å²) in [6.07, 6.45) is -0.508. The molecule has 2 atom stereocenters. The zero-order valence-electron chi connectivity index (χ0n) is 14.8. The molecule has 1 rings (SSSR count). The number of aliphatic carboxylic acids is 1. The SMILES string of the molecule is COC(=O)C(C(=O)OC)[C@H](C)[C@H](NC(=O)Cc1cc(F)cc(F)c1)C(=O)O. The summed E-state index contributed by atoms with van der Waals surface area (Å²) in [6.45, 7) is 1.25. The van der Waals surface area contributed by atoms with E-state index < -0.39 is 59.7 Å². The number of rotatable bonds is 8. The molecule has 0 aliphatic carbocycles. The first-order chi connectivity index (χ1) is 12.6. The molecule has 0 fully saturated rings. The molecule has 148 valence electrons. The smallest absolute Gasteiger partial charge is 0.326 e. The van der Waals surface area contributed by atoms with Gasteiger partial charge in [-0.3, -0.25) is 14.4 Å². The maximum Gasteiger partial charge on any atom is 0.326 e. The molecular weight excluding hydrogens is 368 g/mol. The molecule has 0 bridgehead atoms. The number of methoxy groups -OCH3 is 2. The lowest BCUT2D eigenvalue weighted by Gasteiger charge is -2.26. The van der Waals surface area contributed by atoms with Gasteiger partial charge in [0.2, 0.25) is 5.91 Å². The summed E-state index contributed by atoms with van der Waals surface area (Å²) in [5.74, 6) is -9.03. The van der Waals surface area contributed by atoms with Crippen LogP contribution in [0.15, 0.2) is 18.2 Å². The van der Waals surface area contributed by atoms with Crippen molar-refractivity contribution >= 4 is 23.8 Å². The van der Waals surface area contributed by atoms with Crippen molar-refractivity contribution in [3.8, 4) is 0 Å². The Hall–Kier alpha value is -3.04. The van der Waals surface area contributed by atoms with Crippen LogP contribution in [-0.4, -0.2) is 49.2 Å². The molecule has 1 amide bonds. The summed E-state index contributed by atoms with van der Waals surface area (Å²) in [5, 5.41) is 11.5. The van der Waals surface area contributed by atoms with Crippen LogP contribution in [-0.2, 0) is 35.1 Å². The van der Waals surface area contributed by atoms with E-state index in [0.29, 0.717) is 6.07 Å². The van der Waals surface area contributed by atoms with Crippen molar-refractivity contribution in [3.63, 3.8) is 0 Å². The second-order valence-electron chi connectivity index (χ2n) is 5.72. The van der Waals surface area contributed by atoms with Gasteiger partial charge in [0, 0.05) is 12.0 Å². The van der Waals surface area contributed by atoms with Crippen molar-refractivity contribution in [1.82, 2.24) is 5.32 Å². The third-order valence-corrected chi connectivity index (χ3v) is 3.83. The van der Waals surface area contributed by atoms with Crippen LogP contribution in [0.25, 0.3) is 0 Å². The van der Waals surface area contributed by atoms with Crippen molar-refractivity contribution in [2.45, 2.75) is 19.4 Å². The molecule has 0 radical (unpaired) electrons. The lowest BCUT2D eigenvalue weighted by molar-refractivity contribution is -0.163. The second-order valence-corrected chi connectivity index (χ2v) is 5.72. The Morgan fingerprint density at radius 1 is 1.04 bits per heavy atom. The minimum atomic E-state index is -1.65. The van der Waals surface area contributed by atoms with E-state index in [1.807, 2.05) is 0 Å². The minimum Gasteiger partial charge on any atom is -0.480 e. The molecule has 0 saturated heterocycles. The van der Waals surface area contributed by atoms with Crippen LogP contribution in [0.5, 0.6) is 0 Å². The summed E-state index contributed by atoms with van der Waals surface area (Å²) >= 11 is 0. The first-order valence-corrected chi connectivity index (χ1v) is 7.73. The molecule has 1 aromatic rings. The molecule has 0 unspecified atom stereocenters. The van der Waals surface area contributed by atoms with Gasteiger partial charge >= 0.3 is 17.9 Å². The maximum atomic E-state index is 13.2. The fraction of sp³-hybridized carbons (Fsp3) is 0.412. The van der Waals surface area contributed by atoms with E-state index in [1.54, 1.807) is 0 Å². The van der Waals surface area contributed by atoms with Crippen molar-refractivity contribution in [2.24, 2.45) is 11.8 Å². The normalized spacial score (nSPS) is 12.8. The average molecular weight is 387 g/mol. The molecule has 0 aromatic heterocycles. The fourth-order valence-corrected chi connectivity index (χ4v) is 2.51. The molecule has 0 saturated carbocycles. The number of carboxylic acids is 1. The molecular formula is C17H19F2NO7. The minimum absolute atomic E-state index is 0.0146. The van der Waals surface area contributed by atoms with Crippen LogP contribution < -0.4 is 5.32 Å². The summed E-state index contributed by atoms with van der Waals surface area (Å²) in [5.41, 5.74) is -0.0146. The van der Waals surface area contributed by atoms with Gasteiger partial charge in [-0.25, -0.2) is 13.6 Å². The Morgan fingerprint density at radius 2 is 1.52 bits per heavy atom. The van der Waals surface area contributed by atoms with Gasteiger partial charge in [0.05, 0.1) is 20.6 Å². The van der Waals surface area contributed by atoms with E-state index in [1.165, 1.54) is 6.92 Å². The molecule has 2 N–H and O–H groups in total. The molecule has 1 aromatic carbocycles. The molecule has 0 spiro atoms. The van der Waals surface area contributed by atoms with E-state index in [-0.39, 0.29) is 5.56 Å². The predicted molar refractivity (Wildman–Crippen MR) is 86.3 cm³/mol. The van der Waals surface area contributed by atoms with Gasteiger partial charge in [-0.1, -0.05) is 6.92 Å². The van der Waals surface area contributed by atoms with Crippen LogP contribution in [0.3, 0.4) is 0 Å². The van der Waals surface area contributed by atoms with Gasteiger partial charge in [0.15, 0.2) is 5.92 Å². The zero-order chi connectivity index (χ0) is 20.7. The largest absolute Gasteiger partial charge is 0.480 e. The molecule has 0 aliphatic heterocycles. The van der Waals surface area contributed by atoms with Crippen molar-refractivity contribution in [3.05, 3.63) is 35.4 Å². The Bertz CT molecular complexity index is 702. The average Bonchev–Trinajstić information content (AvgIpc) is 2.57. The number of nitrogens with one attached hydrogen (secondary N) is 1. The van der Waals surface area contributed by atoms with Gasteiger partial charge < -0.3 is 19.9 Å². The van der Waals surface area contributed by atoms with Crippen molar-refractivity contribution in [1.29, 1.82) is 0 Å². The van der Waals surface area contributed by atoms with Crippen LogP contribution in [0.4, 0.5) is 8.78 Å². The number of carbonyl (C=O) groups is 4. The highest BCUT2D eigenvalue weighted by Gasteiger charge is 2.41. The summed E-state index contributed by atoms with van der Waals surface area (Å²) in [6, 6.07) is 0.821. The topological polar surface area (TPSA) is 119 Å². The predicted octanol–water partition coefficient (Wildman–Crippen LogP) is 0.675. The first-order valence-electron chi connectivity index (χ1n) is 7.73. The highest BCUT2D eigenvalue weighted by Crippen LogP contribution is 2.20. The van der Waals surface area contributed by atoms with Crippen LogP contribution >= 0.6 is 0 Å². The van der Waals surface area contributed by atoms with E-state index in [2.05, 4.69) is 14.8 Å². The molecule has 27 heavy (non-hydrogen) atoms. The Kier molecular flexibility index (Phi) is 7.82. The third kappa shape index (κ3) is 6.01. The van der Waals surface area contributed by atoms with E-state index in [0.717, 1.165) is 26.4 Å². The summed E-state index contributed by atoms with van der Waals surface area (Å²) in [4.78, 5) is 47.3. The van der Waals surface area contributed by atoms with Gasteiger partial charge in [0.25, 0.3) is 0 Å². The Morgan fingerprint density at radius 3 is 1.93 bits per heavy atom. The monoisotopic (exact) mass is 387 g/mol. The fourth-order valence-electron chi connectivity index (χ4n) is 2.51. The highest BCUT2D eigenvalue weighted by atomic mass is 19.1. The van der Waals surface area contributed by atoms with Crippen LogP contribution in [0, 0.1) is 23.5 Å². The highest BCUT2D eigenvalue weighted by molar-refractivity contribution is 5.96. The molecule has 0 aliphatic rings. The quantitative estimate of drug-likeness (QED) is 0.497. The number of esters is 2. The number of benzene rings is 1.